The molecule has 2 N–H and O–H groups in total. The summed E-state index contributed by atoms with van der Waals surface area (Å²) in [5.74, 6) is 1.35. The van der Waals surface area contributed by atoms with Crippen molar-refractivity contribution >= 4 is 11.7 Å². The molecule has 1 aromatic carbocycles. The number of amides is 2. The van der Waals surface area contributed by atoms with Crippen molar-refractivity contribution in [2.24, 2.45) is 5.92 Å². The second kappa shape index (κ2) is 7.17. The predicted octanol–water partition coefficient (Wildman–Crippen LogP) is 3.79. The van der Waals surface area contributed by atoms with Crippen LogP contribution in [0.15, 0.2) is 24.3 Å². The van der Waals surface area contributed by atoms with Crippen LogP contribution < -0.4 is 15.4 Å². The van der Waals surface area contributed by atoms with Gasteiger partial charge in [0, 0.05) is 17.8 Å². The van der Waals surface area contributed by atoms with Gasteiger partial charge in [0.2, 0.25) is 0 Å². The van der Waals surface area contributed by atoms with Gasteiger partial charge < -0.3 is 15.4 Å². The summed E-state index contributed by atoms with van der Waals surface area (Å²) in [6.07, 6.45) is 5.93. The summed E-state index contributed by atoms with van der Waals surface area (Å²) in [5.41, 5.74) is 0.755. The molecule has 0 radical (unpaired) electrons. The predicted molar refractivity (Wildman–Crippen MR) is 81.2 cm³/mol. The largest absolute Gasteiger partial charge is 0.497 e. The fourth-order valence-corrected chi connectivity index (χ4v) is 2.92. The Morgan fingerprint density at radius 3 is 2.90 bits per heavy atom. The van der Waals surface area contributed by atoms with Gasteiger partial charge in [-0.05, 0) is 30.9 Å². The summed E-state index contributed by atoms with van der Waals surface area (Å²) >= 11 is 0. The summed E-state index contributed by atoms with van der Waals surface area (Å²) in [6.45, 7) is 2.20. The van der Waals surface area contributed by atoms with Crippen LogP contribution in [-0.4, -0.2) is 19.2 Å². The molecule has 0 saturated heterocycles. The zero-order chi connectivity index (χ0) is 14.4. The molecule has 1 fully saturated rings. The Bertz CT molecular complexity index is 448. The first-order valence-corrected chi connectivity index (χ1v) is 7.44. The Balaban J connectivity index is 1.90. The number of rotatable bonds is 4. The van der Waals surface area contributed by atoms with E-state index in [1.54, 1.807) is 7.11 Å². The highest BCUT2D eigenvalue weighted by Crippen LogP contribution is 2.27. The van der Waals surface area contributed by atoms with Crippen LogP contribution in [0.5, 0.6) is 5.75 Å². The molecule has 1 aliphatic carbocycles. The molecule has 0 heterocycles. The van der Waals surface area contributed by atoms with Crippen LogP contribution in [0.4, 0.5) is 10.5 Å². The molecule has 0 aliphatic heterocycles. The van der Waals surface area contributed by atoms with Gasteiger partial charge in [0.15, 0.2) is 0 Å². The third kappa shape index (κ3) is 3.89. The molecule has 0 spiro atoms. The SMILES string of the molecule is CC[C@@H]1CCCCC1NC(=O)Nc1cccc(OC)c1. The fraction of sp³-hybridized carbons (Fsp3) is 0.562. The Labute approximate surface area is 120 Å². The first-order valence-electron chi connectivity index (χ1n) is 7.44. The van der Waals surface area contributed by atoms with E-state index in [0.717, 1.165) is 24.3 Å². The lowest BCUT2D eigenvalue weighted by Gasteiger charge is -2.31. The number of hydrogen-bond donors (Lipinski definition) is 2. The topological polar surface area (TPSA) is 50.4 Å². The zero-order valence-corrected chi connectivity index (χ0v) is 12.3. The van der Waals surface area contributed by atoms with Gasteiger partial charge in [-0.15, -0.1) is 0 Å². The minimum absolute atomic E-state index is 0.122. The van der Waals surface area contributed by atoms with Crippen LogP contribution >= 0.6 is 0 Å². The molecular formula is C16H24N2O2. The summed E-state index contributed by atoms with van der Waals surface area (Å²) in [7, 11) is 1.62. The van der Waals surface area contributed by atoms with E-state index in [-0.39, 0.29) is 6.03 Å². The Hall–Kier alpha value is -1.71. The number of carbonyl (C=O) groups excluding carboxylic acids is 1. The highest BCUT2D eigenvalue weighted by molar-refractivity contribution is 5.89. The smallest absolute Gasteiger partial charge is 0.319 e. The molecule has 1 aromatic rings. The average molecular weight is 276 g/mol. The first-order chi connectivity index (χ1) is 9.72. The Kier molecular flexibility index (Phi) is 5.27. The third-order valence-electron chi connectivity index (χ3n) is 4.08. The van der Waals surface area contributed by atoms with Gasteiger partial charge in [-0.25, -0.2) is 4.79 Å². The second-order valence-corrected chi connectivity index (χ2v) is 5.39. The Morgan fingerprint density at radius 2 is 2.15 bits per heavy atom. The molecule has 1 aliphatic rings. The summed E-state index contributed by atoms with van der Waals surface area (Å²) < 4.78 is 5.15. The fourth-order valence-electron chi connectivity index (χ4n) is 2.92. The van der Waals surface area contributed by atoms with E-state index in [2.05, 4.69) is 17.6 Å². The highest BCUT2D eigenvalue weighted by atomic mass is 16.5. The lowest BCUT2D eigenvalue weighted by Crippen LogP contribution is -2.43. The third-order valence-corrected chi connectivity index (χ3v) is 4.08. The van der Waals surface area contributed by atoms with Crippen LogP contribution in [0.25, 0.3) is 0 Å². The standard InChI is InChI=1S/C16H24N2O2/c1-3-12-7-4-5-10-15(12)18-16(19)17-13-8-6-9-14(11-13)20-2/h6,8-9,11-12,15H,3-5,7,10H2,1-2H3,(H2,17,18,19)/t12-,15?/m1/s1. The maximum atomic E-state index is 12.1. The molecule has 110 valence electrons. The van der Waals surface area contributed by atoms with E-state index in [1.165, 1.54) is 19.3 Å². The first kappa shape index (κ1) is 14.7. The van der Waals surface area contributed by atoms with E-state index < -0.39 is 0 Å². The van der Waals surface area contributed by atoms with E-state index in [1.807, 2.05) is 24.3 Å². The number of benzene rings is 1. The normalized spacial score (nSPS) is 22.1. The van der Waals surface area contributed by atoms with Gasteiger partial charge in [-0.1, -0.05) is 32.3 Å². The van der Waals surface area contributed by atoms with Crippen molar-refractivity contribution in [3.8, 4) is 5.75 Å². The van der Waals surface area contributed by atoms with Crippen molar-refractivity contribution in [1.29, 1.82) is 0 Å². The van der Waals surface area contributed by atoms with E-state index >= 15 is 0 Å². The van der Waals surface area contributed by atoms with Gasteiger partial charge in [-0.2, -0.15) is 0 Å². The van der Waals surface area contributed by atoms with Gasteiger partial charge in [-0.3, -0.25) is 0 Å². The van der Waals surface area contributed by atoms with Crippen molar-refractivity contribution in [3.05, 3.63) is 24.3 Å². The molecule has 20 heavy (non-hydrogen) atoms. The molecular weight excluding hydrogens is 252 g/mol. The highest BCUT2D eigenvalue weighted by Gasteiger charge is 2.24. The molecule has 1 saturated carbocycles. The number of carbonyl (C=O) groups is 1. The minimum Gasteiger partial charge on any atom is -0.497 e. The number of hydrogen-bond acceptors (Lipinski definition) is 2. The van der Waals surface area contributed by atoms with Gasteiger partial charge in [0.05, 0.1) is 7.11 Å². The summed E-state index contributed by atoms with van der Waals surface area (Å²) in [6, 6.07) is 7.59. The maximum absolute atomic E-state index is 12.1. The number of nitrogens with one attached hydrogen (secondary N) is 2. The monoisotopic (exact) mass is 276 g/mol. The quantitative estimate of drug-likeness (QED) is 0.879. The van der Waals surface area contributed by atoms with Gasteiger partial charge >= 0.3 is 6.03 Å². The lowest BCUT2D eigenvalue weighted by atomic mass is 9.83. The molecule has 2 rings (SSSR count). The van der Waals surface area contributed by atoms with E-state index in [4.69, 9.17) is 4.74 Å². The van der Waals surface area contributed by atoms with Crippen molar-refractivity contribution in [2.45, 2.75) is 45.1 Å². The minimum atomic E-state index is -0.122. The van der Waals surface area contributed by atoms with Crippen LogP contribution in [0, 0.1) is 5.92 Å². The Morgan fingerprint density at radius 1 is 1.35 bits per heavy atom. The van der Waals surface area contributed by atoms with Crippen LogP contribution in [0.3, 0.4) is 0 Å². The lowest BCUT2D eigenvalue weighted by molar-refractivity contribution is 0.226. The molecule has 1 unspecified atom stereocenters. The van der Waals surface area contributed by atoms with Crippen LogP contribution in [-0.2, 0) is 0 Å². The second-order valence-electron chi connectivity index (χ2n) is 5.39. The van der Waals surface area contributed by atoms with Crippen LogP contribution in [0.1, 0.15) is 39.0 Å². The van der Waals surface area contributed by atoms with Crippen molar-refractivity contribution < 1.29 is 9.53 Å². The molecule has 4 heteroatoms. The zero-order valence-electron chi connectivity index (χ0n) is 12.3. The maximum Gasteiger partial charge on any atom is 0.319 e. The molecule has 0 aromatic heterocycles. The number of urea groups is 1. The number of anilines is 1. The van der Waals surface area contributed by atoms with Gasteiger partial charge in [0.25, 0.3) is 0 Å². The number of methoxy groups -OCH3 is 1. The molecule has 4 nitrogen and oxygen atoms in total. The van der Waals surface area contributed by atoms with Gasteiger partial charge in [0.1, 0.15) is 5.75 Å². The van der Waals surface area contributed by atoms with Crippen molar-refractivity contribution in [2.75, 3.05) is 12.4 Å². The molecule has 0 bridgehead atoms. The molecule has 2 atom stereocenters. The van der Waals surface area contributed by atoms with Crippen LogP contribution in [0.2, 0.25) is 0 Å². The molecule has 2 amide bonds. The average Bonchev–Trinajstić information content (AvgIpc) is 2.48. The van der Waals surface area contributed by atoms with Crippen molar-refractivity contribution in [3.63, 3.8) is 0 Å². The summed E-state index contributed by atoms with van der Waals surface area (Å²) in [4.78, 5) is 12.1. The van der Waals surface area contributed by atoms with E-state index in [9.17, 15) is 4.79 Å². The van der Waals surface area contributed by atoms with Crippen molar-refractivity contribution in [1.82, 2.24) is 5.32 Å². The summed E-state index contributed by atoms with van der Waals surface area (Å²) in [5, 5.41) is 5.99. The number of ether oxygens (including phenoxy) is 1. The van der Waals surface area contributed by atoms with E-state index in [0.29, 0.717) is 12.0 Å².